The fourth-order valence-electron chi connectivity index (χ4n) is 1.90. The average molecular weight is 288 g/mol. The van der Waals surface area contributed by atoms with Crippen LogP contribution in [0.5, 0.6) is 0 Å². The molecule has 0 radical (unpaired) electrons. The molecule has 2 aromatic heterocycles. The maximum atomic E-state index is 11.7. The number of carbonyl (C=O) groups is 2. The summed E-state index contributed by atoms with van der Waals surface area (Å²) in [7, 11) is 1.54. The third-order valence-corrected chi connectivity index (χ3v) is 2.98. The zero-order valence-corrected chi connectivity index (χ0v) is 11.8. The van der Waals surface area contributed by atoms with E-state index in [9.17, 15) is 9.59 Å². The Hall–Kier alpha value is -2.90. The van der Waals surface area contributed by atoms with Gasteiger partial charge in [0.05, 0.1) is 11.3 Å². The van der Waals surface area contributed by atoms with Crippen LogP contribution in [0.25, 0.3) is 11.3 Å². The van der Waals surface area contributed by atoms with E-state index in [0.29, 0.717) is 17.0 Å². The minimum absolute atomic E-state index is 0.0347. The summed E-state index contributed by atoms with van der Waals surface area (Å²) >= 11 is 0. The molecular weight excluding hydrogens is 272 g/mol. The molecule has 0 unspecified atom stereocenters. The number of hydrogen-bond acceptors (Lipinski definition) is 5. The molecule has 21 heavy (non-hydrogen) atoms. The van der Waals surface area contributed by atoms with Crippen LogP contribution in [-0.4, -0.2) is 40.3 Å². The zero-order chi connectivity index (χ0) is 15.4. The Morgan fingerprint density at radius 1 is 1.33 bits per heavy atom. The molecule has 0 aromatic carbocycles. The van der Waals surface area contributed by atoms with Crippen LogP contribution in [0.2, 0.25) is 0 Å². The Balaban J connectivity index is 2.41. The van der Waals surface area contributed by atoms with Crippen molar-refractivity contribution in [1.82, 2.24) is 20.2 Å². The van der Waals surface area contributed by atoms with Gasteiger partial charge in [0.1, 0.15) is 12.2 Å². The topological polar surface area (TPSA) is 115 Å². The summed E-state index contributed by atoms with van der Waals surface area (Å²) < 4.78 is 0. The van der Waals surface area contributed by atoms with Crippen molar-refractivity contribution >= 4 is 11.8 Å². The third kappa shape index (κ3) is 2.99. The Labute approximate surface area is 121 Å². The lowest BCUT2D eigenvalue weighted by Gasteiger charge is -2.06. The number of nitrogens with two attached hydrogens (primary N) is 1. The number of rotatable bonds is 5. The molecule has 0 bridgehead atoms. The van der Waals surface area contributed by atoms with Gasteiger partial charge >= 0.3 is 0 Å². The first-order valence-corrected chi connectivity index (χ1v) is 6.29. The summed E-state index contributed by atoms with van der Waals surface area (Å²) in [6, 6.07) is 3.47. The van der Waals surface area contributed by atoms with Gasteiger partial charge in [0, 0.05) is 25.0 Å². The molecule has 0 spiro atoms. The maximum absolute atomic E-state index is 11.7. The van der Waals surface area contributed by atoms with Crippen molar-refractivity contribution < 1.29 is 9.59 Å². The molecule has 4 N–H and O–H groups in total. The first-order chi connectivity index (χ1) is 10.0. The SMILES string of the molecule is CNC(=O)CNn1nc(-c2ccncc2)c(C(N)=O)c1C. The van der Waals surface area contributed by atoms with Gasteiger partial charge in [-0.3, -0.25) is 14.6 Å². The molecule has 0 aliphatic carbocycles. The maximum Gasteiger partial charge on any atom is 0.252 e. The molecule has 0 aliphatic heterocycles. The smallest absolute Gasteiger partial charge is 0.252 e. The third-order valence-electron chi connectivity index (χ3n) is 2.98. The summed E-state index contributed by atoms with van der Waals surface area (Å²) in [4.78, 5) is 28.3. The summed E-state index contributed by atoms with van der Waals surface area (Å²) in [5.41, 5.74) is 10.3. The molecule has 0 aliphatic rings. The summed E-state index contributed by atoms with van der Waals surface area (Å²) in [6.45, 7) is 1.74. The van der Waals surface area contributed by atoms with Crippen LogP contribution in [0.15, 0.2) is 24.5 Å². The van der Waals surface area contributed by atoms with Gasteiger partial charge < -0.3 is 16.5 Å². The number of hydrogen-bond donors (Lipinski definition) is 3. The van der Waals surface area contributed by atoms with Crippen molar-refractivity contribution in [1.29, 1.82) is 0 Å². The number of likely N-dealkylation sites (N-methyl/N-ethyl adjacent to an activating group) is 1. The number of amides is 2. The van der Waals surface area contributed by atoms with Crippen molar-refractivity contribution in [2.24, 2.45) is 5.73 Å². The molecule has 2 rings (SSSR count). The van der Waals surface area contributed by atoms with Crippen LogP contribution in [0, 0.1) is 6.92 Å². The lowest BCUT2D eigenvalue weighted by Crippen LogP contribution is -2.31. The van der Waals surface area contributed by atoms with Gasteiger partial charge in [-0.15, -0.1) is 0 Å². The predicted octanol–water partition coefficient (Wildman–Crippen LogP) is -0.358. The number of aromatic nitrogens is 3. The summed E-state index contributed by atoms with van der Waals surface area (Å²) in [5.74, 6) is -0.775. The Morgan fingerprint density at radius 2 is 2.00 bits per heavy atom. The Kier molecular flexibility index (Phi) is 4.17. The van der Waals surface area contributed by atoms with Crippen LogP contribution in [-0.2, 0) is 4.79 Å². The van der Waals surface area contributed by atoms with Crippen molar-refractivity contribution in [2.75, 3.05) is 19.0 Å². The van der Waals surface area contributed by atoms with Crippen LogP contribution >= 0.6 is 0 Å². The first-order valence-electron chi connectivity index (χ1n) is 6.29. The van der Waals surface area contributed by atoms with Crippen LogP contribution in [0.3, 0.4) is 0 Å². The highest BCUT2D eigenvalue weighted by Crippen LogP contribution is 2.23. The lowest BCUT2D eigenvalue weighted by molar-refractivity contribution is -0.119. The molecule has 0 saturated carbocycles. The minimum Gasteiger partial charge on any atom is -0.365 e. The largest absolute Gasteiger partial charge is 0.365 e. The van der Waals surface area contributed by atoms with Gasteiger partial charge in [0.15, 0.2) is 0 Å². The molecule has 2 amide bonds. The number of carbonyl (C=O) groups excluding carboxylic acids is 2. The van der Waals surface area contributed by atoms with Gasteiger partial charge in [0.25, 0.3) is 5.91 Å². The first kappa shape index (κ1) is 14.5. The van der Waals surface area contributed by atoms with E-state index in [1.165, 1.54) is 11.8 Å². The Bertz CT molecular complexity index is 665. The van der Waals surface area contributed by atoms with Gasteiger partial charge in [-0.1, -0.05) is 0 Å². The van der Waals surface area contributed by atoms with Gasteiger partial charge in [-0.2, -0.15) is 9.89 Å². The normalized spacial score (nSPS) is 10.2. The van der Waals surface area contributed by atoms with Crippen molar-refractivity contribution in [3.63, 3.8) is 0 Å². The minimum atomic E-state index is -0.577. The molecular formula is C13H16N6O2. The standard InChI is InChI=1S/C13H16N6O2/c1-8-11(13(14)21)12(9-3-5-16-6-4-9)18-19(8)17-7-10(20)15-2/h3-6,17H,7H2,1-2H3,(H2,14,21)(H,15,20). The van der Waals surface area contributed by atoms with Crippen molar-refractivity contribution in [2.45, 2.75) is 6.92 Å². The second-order valence-electron chi connectivity index (χ2n) is 4.33. The molecule has 0 fully saturated rings. The quantitative estimate of drug-likeness (QED) is 0.695. The van der Waals surface area contributed by atoms with Gasteiger partial charge in [-0.25, -0.2) is 0 Å². The number of pyridine rings is 1. The van der Waals surface area contributed by atoms with E-state index in [2.05, 4.69) is 20.8 Å². The van der Waals surface area contributed by atoms with Crippen molar-refractivity contribution in [3.8, 4) is 11.3 Å². The molecule has 8 nitrogen and oxygen atoms in total. The van der Waals surface area contributed by atoms with E-state index >= 15 is 0 Å². The second kappa shape index (κ2) is 6.04. The molecule has 0 saturated heterocycles. The van der Waals surface area contributed by atoms with Crippen LogP contribution < -0.4 is 16.5 Å². The van der Waals surface area contributed by atoms with E-state index in [1.807, 2.05) is 0 Å². The number of nitrogens with one attached hydrogen (secondary N) is 2. The summed E-state index contributed by atoms with van der Waals surface area (Å²) in [6.07, 6.45) is 3.21. The zero-order valence-electron chi connectivity index (χ0n) is 11.8. The lowest BCUT2D eigenvalue weighted by atomic mass is 10.1. The fourth-order valence-corrected chi connectivity index (χ4v) is 1.90. The van der Waals surface area contributed by atoms with Crippen LogP contribution in [0.4, 0.5) is 0 Å². The number of primary amides is 1. The van der Waals surface area contributed by atoms with E-state index in [-0.39, 0.29) is 12.5 Å². The fraction of sp³-hybridized carbons (Fsp3) is 0.231. The second-order valence-corrected chi connectivity index (χ2v) is 4.33. The molecule has 110 valence electrons. The van der Waals surface area contributed by atoms with Crippen LogP contribution in [0.1, 0.15) is 16.1 Å². The molecule has 2 heterocycles. The molecule has 2 aromatic rings. The van der Waals surface area contributed by atoms with E-state index in [4.69, 9.17) is 5.73 Å². The van der Waals surface area contributed by atoms with Gasteiger partial charge in [0.2, 0.25) is 5.91 Å². The van der Waals surface area contributed by atoms with E-state index in [0.717, 1.165) is 5.56 Å². The van der Waals surface area contributed by atoms with E-state index in [1.54, 1.807) is 31.5 Å². The highest BCUT2D eigenvalue weighted by Gasteiger charge is 2.20. The van der Waals surface area contributed by atoms with E-state index < -0.39 is 5.91 Å². The van der Waals surface area contributed by atoms with Crippen molar-refractivity contribution in [3.05, 3.63) is 35.8 Å². The highest BCUT2D eigenvalue weighted by atomic mass is 16.2. The number of nitrogens with zero attached hydrogens (tertiary/aromatic N) is 3. The Morgan fingerprint density at radius 3 is 2.57 bits per heavy atom. The highest BCUT2D eigenvalue weighted by molar-refractivity contribution is 6.00. The average Bonchev–Trinajstić information content (AvgIpc) is 2.82. The van der Waals surface area contributed by atoms with Gasteiger partial charge in [-0.05, 0) is 19.1 Å². The molecule has 8 heteroatoms. The summed E-state index contributed by atoms with van der Waals surface area (Å²) in [5, 5.41) is 6.79. The molecule has 0 atom stereocenters. The monoisotopic (exact) mass is 288 g/mol. The predicted molar refractivity (Wildman–Crippen MR) is 77.0 cm³/mol.